The first-order valence-corrected chi connectivity index (χ1v) is 9.48. The third-order valence-corrected chi connectivity index (χ3v) is 5.20. The van der Waals surface area contributed by atoms with Crippen molar-refractivity contribution in [3.63, 3.8) is 0 Å². The van der Waals surface area contributed by atoms with Crippen LogP contribution in [-0.4, -0.2) is 34.2 Å². The molecular weight excluding hydrogens is 413 g/mol. The molecule has 0 saturated heterocycles. The first-order valence-electron chi connectivity index (χ1n) is 9.48. The number of aromatic nitrogens is 2. The Balaban J connectivity index is 1.85. The van der Waals surface area contributed by atoms with Crippen molar-refractivity contribution in [3.8, 4) is 11.3 Å². The van der Waals surface area contributed by atoms with Gasteiger partial charge in [0.2, 0.25) is 5.91 Å². The topological polar surface area (TPSA) is 71.6 Å². The van der Waals surface area contributed by atoms with E-state index in [1.54, 1.807) is 29.2 Å². The second-order valence-corrected chi connectivity index (χ2v) is 7.37. The van der Waals surface area contributed by atoms with E-state index in [4.69, 9.17) is 4.42 Å². The van der Waals surface area contributed by atoms with E-state index in [0.717, 1.165) is 10.7 Å². The molecule has 0 unspecified atom stereocenters. The summed E-state index contributed by atoms with van der Waals surface area (Å²) in [7, 11) is 1.42. The van der Waals surface area contributed by atoms with Crippen LogP contribution in [0.25, 0.3) is 11.3 Å². The first-order chi connectivity index (χ1) is 14.6. The minimum Gasteiger partial charge on any atom is -0.459 e. The largest absolute Gasteiger partial charge is 0.459 e. The second kappa shape index (κ2) is 7.29. The van der Waals surface area contributed by atoms with Gasteiger partial charge in [-0.3, -0.25) is 14.3 Å². The van der Waals surface area contributed by atoms with Crippen LogP contribution in [0, 0.1) is 0 Å². The number of alkyl halides is 3. The number of carbonyl (C=O) groups excluding carboxylic acids is 2. The van der Waals surface area contributed by atoms with E-state index >= 15 is 0 Å². The van der Waals surface area contributed by atoms with E-state index in [0.29, 0.717) is 16.9 Å². The lowest BCUT2D eigenvalue weighted by atomic mass is 10.0. The van der Waals surface area contributed by atoms with Crippen molar-refractivity contribution in [1.82, 2.24) is 9.78 Å². The zero-order valence-corrected chi connectivity index (χ0v) is 17.0. The molecule has 0 spiro atoms. The summed E-state index contributed by atoms with van der Waals surface area (Å²) < 4.78 is 45.7. The molecule has 4 rings (SSSR count). The quantitative estimate of drug-likeness (QED) is 0.611. The van der Waals surface area contributed by atoms with Gasteiger partial charge < -0.3 is 14.2 Å². The van der Waals surface area contributed by atoms with Gasteiger partial charge in [0.05, 0.1) is 29.4 Å². The lowest BCUT2D eigenvalue weighted by Crippen LogP contribution is -2.51. The van der Waals surface area contributed by atoms with Crippen LogP contribution in [0.5, 0.6) is 0 Å². The van der Waals surface area contributed by atoms with Gasteiger partial charge in [-0.25, -0.2) is 0 Å². The summed E-state index contributed by atoms with van der Waals surface area (Å²) >= 11 is 0. The summed E-state index contributed by atoms with van der Waals surface area (Å²) in [4.78, 5) is 28.4. The zero-order chi connectivity index (χ0) is 22.5. The Morgan fingerprint density at radius 1 is 1.16 bits per heavy atom. The fraction of sp³-hybridized carbons (Fsp3) is 0.286. The normalized spacial score (nSPS) is 16.4. The SMILES string of the molecule is CC(=O)N1c2ccc(-c3cc(C(F)(F)F)nn3C)cc2N(C(=O)c2ccco2)C[C@@H]1C. The Morgan fingerprint density at radius 2 is 1.90 bits per heavy atom. The van der Waals surface area contributed by atoms with Gasteiger partial charge >= 0.3 is 6.18 Å². The molecule has 2 amide bonds. The molecule has 1 aliphatic rings. The maximum atomic E-state index is 13.1. The van der Waals surface area contributed by atoms with E-state index in [9.17, 15) is 22.8 Å². The number of nitrogens with zero attached hydrogens (tertiary/aromatic N) is 4. The average molecular weight is 432 g/mol. The fourth-order valence-electron chi connectivity index (χ4n) is 3.87. The van der Waals surface area contributed by atoms with Crippen LogP contribution in [0.3, 0.4) is 0 Å². The Bertz CT molecular complexity index is 1150. The van der Waals surface area contributed by atoms with Crippen molar-refractivity contribution in [2.45, 2.75) is 26.1 Å². The van der Waals surface area contributed by atoms with Crippen molar-refractivity contribution >= 4 is 23.2 Å². The summed E-state index contributed by atoms with van der Waals surface area (Å²) in [5.41, 5.74) is 0.549. The number of anilines is 2. The monoisotopic (exact) mass is 432 g/mol. The van der Waals surface area contributed by atoms with Crippen LogP contribution in [0.2, 0.25) is 0 Å². The van der Waals surface area contributed by atoms with Gasteiger partial charge in [0, 0.05) is 26.1 Å². The average Bonchev–Trinajstić information content (AvgIpc) is 3.35. The van der Waals surface area contributed by atoms with Crippen molar-refractivity contribution in [2.75, 3.05) is 16.3 Å². The number of amides is 2. The van der Waals surface area contributed by atoms with Crippen LogP contribution >= 0.6 is 0 Å². The van der Waals surface area contributed by atoms with E-state index < -0.39 is 17.8 Å². The highest BCUT2D eigenvalue weighted by molar-refractivity contribution is 6.10. The standard InChI is InChI=1S/C21H19F3N4O3/c1-12-11-27(20(30)18-5-4-8-31-18)17-9-14(6-7-15(17)28(12)13(2)29)16-10-19(21(22,23)24)25-26(16)3/h4-10,12H,11H2,1-3H3/t12-/m0/s1. The molecule has 1 atom stereocenters. The molecule has 0 radical (unpaired) electrons. The Morgan fingerprint density at radius 3 is 2.48 bits per heavy atom. The fourth-order valence-corrected chi connectivity index (χ4v) is 3.87. The van der Waals surface area contributed by atoms with Gasteiger partial charge in [-0.15, -0.1) is 0 Å². The predicted molar refractivity (Wildman–Crippen MR) is 107 cm³/mol. The van der Waals surface area contributed by atoms with E-state index in [-0.39, 0.29) is 29.9 Å². The van der Waals surface area contributed by atoms with Gasteiger partial charge in [0.15, 0.2) is 11.5 Å². The predicted octanol–water partition coefficient (Wildman–Crippen LogP) is 4.10. The molecule has 0 bridgehead atoms. The van der Waals surface area contributed by atoms with Crippen LogP contribution in [0.4, 0.5) is 24.5 Å². The Kier molecular flexibility index (Phi) is 4.87. The number of aryl methyl sites for hydroxylation is 1. The molecular formula is C21H19F3N4O3. The highest BCUT2D eigenvalue weighted by atomic mass is 19.4. The third-order valence-electron chi connectivity index (χ3n) is 5.20. The number of rotatable bonds is 2. The second-order valence-electron chi connectivity index (χ2n) is 7.37. The molecule has 162 valence electrons. The van der Waals surface area contributed by atoms with Crippen LogP contribution < -0.4 is 9.80 Å². The minimum atomic E-state index is -4.58. The highest BCUT2D eigenvalue weighted by Gasteiger charge is 2.37. The summed E-state index contributed by atoms with van der Waals surface area (Å²) in [6, 6.07) is 8.61. The van der Waals surface area contributed by atoms with Gasteiger partial charge in [-0.05, 0) is 37.3 Å². The molecule has 2 aromatic heterocycles. The molecule has 1 aromatic carbocycles. The Hall–Kier alpha value is -3.56. The molecule has 0 fully saturated rings. The van der Waals surface area contributed by atoms with Gasteiger partial charge in [0.25, 0.3) is 5.91 Å². The third kappa shape index (κ3) is 3.58. The van der Waals surface area contributed by atoms with E-state index in [1.165, 1.54) is 31.2 Å². The molecule has 7 nitrogen and oxygen atoms in total. The number of furan rings is 1. The number of hydrogen-bond acceptors (Lipinski definition) is 4. The highest BCUT2D eigenvalue weighted by Crippen LogP contribution is 2.40. The maximum Gasteiger partial charge on any atom is 0.435 e. The van der Waals surface area contributed by atoms with Crippen molar-refractivity contribution in [3.05, 3.63) is 54.1 Å². The first kappa shape index (κ1) is 20.7. The lowest BCUT2D eigenvalue weighted by molar-refractivity contribution is -0.141. The molecule has 10 heteroatoms. The summed E-state index contributed by atoms with van der Waals surface area (Å²) in [6.45, 7) is 3.45. The number of fused-ring (bicyclic) bond motifs is 1. The van der Waals surface area contributed by atoms with Crippen molar-refractivity contribution in [1.29, 1.82) is 0 Å². The van der Waals surface area contributed by atoms with Gasteiger partial charge in [0.1, 0.15) is 0 Å². The zero-order valence-electron chi connectivity index (χ0n) is 17.0. The maximum absolute atomic E-state index is 13.1. The van der Waals surface area contributed by atoms with Gasteiger partial charge in [-0.1, -0.05) is 6.07 Å². The minimum absolute atomic E-state index is 0.125. The summed E-state index contributed by atoms with van der Waals surface area (Å²) in [5.74, 6) is -0.481. The summed E-state index contributed by atoms with van der Waals surface area (Å²) in [6.07, 6.45) is -3.19. The Labute approximate surface area is 175 Å². The molecule has 31 heavy (non-hydrogen) atoms. The molecule has 1 aliphatic heterocycles. The van der Waals surface area contributed by atoms with E-state index in [2.05, 4.69) is 5.10 Å². The number of carbonyl (C=O) groups is 2. The molecule has 0 saturated carbocycles. The van der Waals surface area contributed by atoms with Crippen LogP contribution in [-0.2, 0) is 18.0 Å². The van der Waals surface area contributed by atoms with Crippen molar-refractivity contribution < 1.29 is 27.2 Å². The van der Waals surface area contributed by atoms with Gasteiger partial charge in [-0.2, -0.15) is 18.3 Å². The van der Waals surface area contributed by atoms with E-state index in [1.807, 2.05) is 6.92 Å². The van der Waals surface area contributed by atoms with Crippen LogP contribution in [0.1, 0.15) is 30.1 Å². The molecule has 3 aromatic rings. The smallest absolute Gasteiger partial charge is 0.435 e. The number of benzene rings is 1. The molecule has 0 aliphatic carbocycles. The summed E-state index contributed by atoms with van der Waals surface area (Å²) in [5, 5.41) is 3.55. The molecule has 3 heterocycles. The molecule has 0 N–H and O–H groups in total. The number of halogens is 3. The number of hydrogen-bond donors (Lipinski definition) is 0. The van der Waals surface area contributed by atoms with Crippen LogP contribution in [0.15, 0.2) is 47.1 Å². The lowest BCUT2D eigenvalue weighted by Gasteiger charge is -2.40. The van der Waals surface area contributed by atoms with Crippen molar-refractivity contribution in [2.24, 2.45) is 7.05 Å².